The number of fused-ring (bicyclic) bond motifs is 1. The number of rotatable bonds is 4. The van der Waals surface area contributed by atoms with Gasteiger partial charge in [0.05, 0.1) is 13.2 Å². The quantitative estimate of drug-likeness (QED) is 0.916. The molecule has 1 atom stereocenters. The third kappa shape index (κ3) is 3.22. The van der Waals surface area contributed by atoms with Crippen LogP contribution in [0.4, 0.5) is 0 Å². The Hall–Kier alpha value is -1.75. The molecule has 0 spiro atoms. The van der Waals surface area contributed by atoms with E-state index in [0.717, 1.165) is 17.1 Å². The van der Waals surface area contributed by atoms with Crippen molar-refractivity contribution in [3.8, 4) is 11.5 Å². The lowest BCUT2D eigenvalue weighted by atomic mass is 9.89. The molecule has 1 heterocycles. The Kier molecular flexibility index (Phi) is 4.18. The van der Waals surface area contributed by atoms with E-state index in [0.29, 0.717) is 6.42 Å². The number of methoxy groups -OCH3 is 2. The summed E-state index contributed by atoms with van der Waals surface area (Å²) in [6.45, 7) is 4.07. The lowest BCUT2D eigenvalue weighted by Crippen LogP contribution is -2.42. The Morgan fingerprint density at radius 1 is 1.45 bits per heavy atom. The smallest absolute Gasteiger partial charge is 0.246 e. The molecule has 5 heteroatoms. The zero-order chi connectivity index (χ0) is 14.8. The molecule has 1 aromatic carbocycles. The summed E-state index contributed by atoms with van der Waals surface area (Å²) in [6.07, 6.45) is 0.710. The zero-order valence-corrected chi connectivity index (χ0v) is 12.4. The molecule has 1 aromatic rings. The van der Waals surface area contributed by atoms with E-state index in [9.17, 15) is 4.79 Å². The van der Waals surface area contributed by atoms with Gasteiger partial charge in [-0.15, -0.1) is 0 Å². The molecule has 0 aliphatic carbocycles. The Balaban J connectivity index is 2.28. The van der Waals surface area contributed by atoms with Crippen LogP contribution in [0, 0.1) is 0 Å². The van der Waals surface area contributed by atoms with E-state index in [-0.39, 0.29) is 24.2 Å². The third-order valence-electron chi connectivity index (χ3n) is 3.29. The largest absolute Gasteiger partial charge is 0.497 e. The normalized spacial score (nSPS) is 19.7. The minimum absolute atomic E-state index is 0.0588. The number of ether oxygens (including phenoxy) is 3. The summed E-state index contributed by atoms with van der Waals surface area (Å²) in [4.78, 5) is 11.8. The van der Waals surface area contributed by atoms with Gasteiger partial charge in [0, 0.05) is 25.2 Å². The fraction of sp³-hybridized carbons (Fsp3) is 0.533. The van der Waals surface area contributed by atoms with Crippen molar-refractivity contribution >= 4 is 5.91 Å². The van der Waals surface area contributed by atoms with Crippen LogP contribution < -0.4 is 14.8 Å². The molecule has 2 rings (SSSR count). The number of benzene rings is 1. The highest BCUT2D eigenvalue weighted by atomic mass is 16.5. The van der Waals surface area contributed by atoms with Crippen LogP contribution in [0.5, 0.6) is 11.5 Å². The van der Waals surface area contributed by atoms with E-state index >= 15 is 0 Å². The average molecular weight is 279 g/mol. The van der Waals surface area contributed by atoms with Gasteiger partial charge in [-0.25, -0.2) is 0 Å². The van der Waals surface area contributed by atoms with Gasteiger partial charge in [0.1, 0.15) is 23.7 Å². The van der Waals surface area contributed by atoms with E-state index < -0.39 is 0 Å². The van der Waals surface area contributed by atoms with Crippen molar-refractivity contribution in [3.05, 3.63) is 23.8 Å². The highest BCUT2D eigenvalue weighted by molar-refractivity contribution is 5.77. The standard InChI is InChI=1S/C15H21NO4/c1-15(2)8-12(16-14(17)9-18-3)11-6-5-10(19-4)7-13(11)20-15/h5-7,12H,8-9H2,1-4H3,(H,16,17). The first-order valence-electron chi connectivity index (χ1n) is 6.60. The first kappa shape index (κ1) is 14.7. The zero-order valence-electron chi connectivity index (χ0n) is 12.4. The second-order valence-corrected chi connectivity index (χ2v) is 5.52. The average Bonchev–Trinajstić information content (AvgIpc) is 2.36. The fourth-order valence-corrected chi connectivity index (χ4v) is 2.45. The molecule has 5 nitrogen and oxygen atoms in total. The Bertz CT molecular complexity index is 499. The van der Waals surface area contributed by atoms with Crippen LogP contribution in [0.2, 0.25) is 0 Å². The monoisotopic (exact) mass is 279 g/mol. The molecule has 0 bridgehead atoms. The molecule has 1 aliphatic rings. The van der Waals surface area contributed by atoms with Crippen molar-refractivity contribution < 1.29 is 19.0 Å². The second kappa shape index (κ2) is 5.71. The number of amides is 1. The Morgan fingerprint density at radius 3 is 2.85 bits per heavy atom. The molecule has 1 amide bonds. The fourth-order valence-electron chi connectivity index (χ4n) is 2.45. The lowest BCUT2D eigenvalue weighted by molar-refractivity contribution is -0.126. The SMILES string of the molecule is COCC(=O)NC1CC(C)(C)Oc2cc(OC)ccc21. The maximum Gasteiger partial charge on any atom is 0.246 e. The van der Waals surface area contributed by atoms with Gasteiger partial charge in [-0.1, -0.05) is 0 Å². The molecular weight excluding hydrogens is 258 g/mol. The number of carbonyl (C=O) groups is 1. The lowest BCUT2D eigenvalue weighted by Gasteiger charge is -2.38. The van der Waals surface area contributed by atoms with Crippen LogP contribution in [0.3, 0.4) is 0 Å². The van der Waals surface area contributed by atoms with Crippen molar-refractivity contribution in [1.82, 2.24) is 5.32 Å². The van der Waals surface area contributed by atoms with E-state index in [1.165, 1.54) is 7.11 Å². The molecule has 0 saturated heterocycles. The highest BCUT2D eigenvalue weighted by Crippen LogP contribution is 2.41. The molecule has 110 valence electrons. The van der Waals surface area contributed by atoms with Crippen molar-refractivity contribution in [2.24, 2.45) is 0 Å². The van der Waals surface area contributed by atoms with Gasteiger partial charge in [-0.2, -0.15) is 0 Å². The number of hydrogen-bond acceptors (Lipinski definition) is 4. The predicted molar refractivity (Wildman–Crippen MR) is 75.1 cm³/mol. The molecule has 1 unspecified atom stereocenters. The van der Waals surface area contributed by atoms with Gasteiger partial charge in [0.25, 0.3) is 0 Å². The maximum absolute atomic E-state index is 11.8. The molecular formula is C15H21NO4. The molecule has 0 radical (unpaired) electrons. The summed E-state index contributed by atoms with van der Waals surface area (Å²) in [7, 11) is 3.12. The van der Waals surface area contributed by atoms with Crippen molar-refractivity contribution in [3.63, 3.8) is 0 Å². The Morgan fingerprint density at radius 2 is 2.20 bits per heavy atom. The maximum atomic E-state index is 11.8. The van der Waals surface area contributed by atoms with Crippen LogP contribution in [0.25, 0.3) is 0 Å². The van der Waals surface area contributed by atoms with Crippen LogP contribution in [-0.2, 0) is 9.53 Å². The van der Waals surface area contributed by atoms with Crippen LogP contribution >= 0.6 is 0 Å². The minimum Gasteiger partial charge on any atom is -0.497 e. The predicted octanol–water partition coefficient (Wildman–Crippen LogP) is 2.06. The van der Waals surface area contributed by atoms with E-state index in [1.807, 2.05) is 32.0 Å². The van der Waals surface area contributed by atoms with Gasteiger partial charge < -0.3 is 19.5 Å². The molecule has 0 fully saturated rings. The molecule has 0 aromatic heterocycles. The molecule has 0 saturated carbocycles. The van der Waals surface area contributed by atoms with Gasteiger partial charge in [0.2, 0.25) is 5.91 Å². The van der Waals surface area contributed by atoms with Crippen LogP contribution in [0.1, 0.15) is 31.9 Å². The van der Waals surface area contributed by atoms with Crippen LogP contribution in [-0.4, -0.2) is 32.3 Å². The van der Waals surface area contributed by atoms with Crippen molar-refractivity contribution in [2.45, 2.75) is 31.9 Å². The van der Waals surface area contributed by atoms with Crippen molar-refractivity contribution in [1.29, 1.82) is 0 Å². The van der Waals surface area contributed by atoms with Gasteiger partial charge in [-0.3, -0.25) is 4.79 Å². The number of hydrogen-bond donors (Lipinski definition) is 1. The van der Waals surface area contributed by atoms with E-state index in [2.05, 4.69) is 5.32 Å². The Labute approximate surface area is 119 Å². The van der Waals surface area contributed by atoms with E-state index in [4.69, 9.17) is 14.2 Å². The summed E-state index contributed by atoms with van der Waals surface area (Å²) < 4.78 is 16.0. The second-order valence-electron chi connectivity index (χ2n) is 5.52. The van der Waals surface area contributed by atoms with E-state index in [1.54, 1.807) is 7.11 Å². The van der Waals surface area contributed by atoms with Crippen LogP contribution in [0.15, 0.2) is 18.2 Å². The number of carbonyl (C=O) groups excluding carboxylic acids is 1. The van der Waals surface area contributed by atoms with Gasteiger partial charge in [-0.05, 0) is 26.0 Å². The summed E-state index contributed by atoms with van der Waals surface area (Å²) in [5.41, 5.74) is 0.624. The third-order valence-corrected chi connectivity index (χ3v) is 3.29. The van der Waals surface area contributed by atoms with Gasteiger partial charge in [0.15, 0.2) is 0 Å². The molecule has 20 heavy (non-hydrogen) atoms. The summed E-state index contributed by atoms with van der Waals surface area (Å²) >= 11 is 0. The number of nitrogens with one attached hydrogen (secondary N) is 1. The van der Waals surface area contributed by atoms with Gasteiger partial charge >= 0.3 is 0 Å². The highest BCUT2D eigenvalue weighted by Gasteiger charge is 2.34. The molecule has 1 N–H and O–H groups in total. The molecule has 1 aliphatic heterocycles. The summed E-state index contributed by atoms with van der Waals surface area (Å²) in [5, 5.41) is 2.98. The minimum atomic E-state index is -0.343. The first-order valence-corrected chi connectivity index (χ1v) is 6.60. The summed E-state index contributed by atoms with van der Waals surface area (Å²) in [6, 6.07) is 5.57. The summed E-state index contributed by atoms with van der Waals surface area (Å²) in [5.74, 6) is 1.36. The first-order chi connectivity index (χ1) is 9.45. The topological polar surface area (TPSA) is 56.8 Å². The van der Waals surface area contributed by atoms with Crippen molar-refractivity contribution in [2.75, 3.05) is 20.8 Å².